The second kappa shape index (κ2) is 4.90. The van der Waals surface area contributed by atoms with Crippen LogP contribution in [0, 0.1) is 5.92 Å². The van der Waals surface area contributed by atoms with Crippen molar-refractivity contribution in [1.82, 2.24) is 5.32 Å². The lowest BCUT2D eigenvalue weighted by molar-refractivity contribution is 0.288. The zero-order valence-electron chi connectivity index (χ0n) is 11.6. The smallest absolute Gasteiger partial charge is 0.119 e. The van der Waals surface area contributed by atoms with Gasteiger partial charge >= 0.3 is 0 Å². The Morgan fingerprint density at radius 2 is 2.20 bits per heavy atom. The number of fused-ring (bicyclic) bond motifs is 3. The fourth-order valence-electron chi connectivity index (χ4n) is 3.91. The molecule has 0 spiro atoms. The van der Waals surface area contributed by atoms with Crippen LogP contribution in [0.15, 0.2) is 35.7 Å². The Morgan fingerprint density at radius 3 is 3.00 bits per heavy atom. The normalized spacial score (nSPS) is 27.9. The van der Waals surface area contributed by atoms with Gasteiger partial charge in [-0.15, -0.1) is 11.3 Å². The molecule has 20 heavy (non-hydrogen) atoms. The summed E-state index contributed by atoms with van der Waals surface area (Å²) in [6, 6.07) is 11.6. The Labute approximate surface area is 123 Å². The van der Waals surface area contributed by atoms with Gasteiger partial charge in [0.2, 0.25) is 0 Å². The Bertz CT molecular complexity index is 607. The van der Waals surface area contributed by atoms with Crippen molar-refractivity contribution in [2.24, 2.45) is 5.92 Å². The molecule has 2 nitrogen and oxygen atoms in total. The van der Waals surface area contributed by atoms with Gasteiger partial charge in [-0.3, -0.25) is 0 Å². The van der Waals surface area contributed by atoms with E-state index in [-0.39, 0.29) is 0 Å². The van der Waals surface area contributed by atoms with Gasteiger partial charge in [-0.05, 0) is 60.0 Å². The van der Waals surface area contributed by atoms with Crippen molar-refractivity contribution < 1.29 is 4.74 Å². The molecule has 104 valence electrons. The molecule has 1 aromatic heterocycles. The van der Waals surface area contributed by atoms with E-state index in [4.69, 9.17) is 4.74 Å². The van der Waals surface area contributed by atoms with E-state index in [0.717, 1.165) is 12.3 Å². The van der Waals surface area contributed by atoms with Crippen molar-refractivity contribution in [3.8, 4) is 5.75 Å². The molecule has 1 aliphatic heterocycles. The summed E-state index contributed by atoms with van der Waals surface area (Å²) in [7, 11) is 1.75. The molecular weight excluding hydrogens is 266 g/mol. The number of thiophene rings is 1. The number of nitrogens with one attached hydrogen (secondary N) is 1. The summed E-state index contributed by atoms with van der Waals surface area (Å²) in [4.78, 5) is 1.51. The average Bonchev–Trinajstić information content (AvgIpc) is 3.11. The van der Waals surface area contributed by atoms with Crippen LogP contribution in [-0.2, 0) is 0 Å². The summed E-state index contributed by atoms with van der Waals surface area (Å²) in [5.41, 5.74) is 2.95. The molecule has 2 aliphatic rings. The summed E-state index contributed by atoms with van der Waals surface area (Å²) in [6.45, 7) is 1.13. The lowest BCUT2D eigenvalue weighted by Gasteiger charge is -2.30. The van der Waals surface area contributed by atoms with Crippen LogP contribution >= 0.6 is 11.3 Å². The molecule has 1 fully saturated rings. The van der Waals surface area contributed by atoms with Crippen LogP contribution in [0.4, 0.5) is 0 Å². The van der Waals surface area contributed by atoms with Gasteiger partial charge in [0.1, 0.15) is 5.75 Å². The Morgan fingerprint density at radius 1 is 1.25 bits per heavy atom. The molecule has 1 aromatic carbocycles. The predicted molar refractivity (Wildman–Crippen MR) is 82.6 cm³/mol. The minimum absolute atomic E-state index is 0.501. The number of ether oxygens (including phenoxy) is 1. The lowest BCUT2D eigenvalue weighted by atomic mass is 9.84. The van der Waals surface area contributed by atoms with Crippen LogP contribution in [0.2, 0.25) is 0 Å². The third-order valence-corrected chi connectivity index (χ3v) is 5.70. The van der Waals surface area contributed by atoms with Crippen LogP contribution in [0.25, 0.3) is 0 Å². The van der Waals surface area contributed by atoms with Crippen molar-refractivity contribution in [2.75, 3.05) is 13.7 Å². The molecule has 1 N–H and O–H groups in total. The van der Waals surface area contributed by atoms with Gasteiger partial charge in [-0.25, -0.2) is 0 Å². The second-order valence-corrected chi connectivity index (χ2v) is 6.71. The van der Waals surface area contributed by atoms with Crippen molar-refractivity contribution in [1.29, 1.82) is 0 Å². The van der Waals surface area contributed by atoms with E-state index < -0.39 is 0 Å². The number of hydrogen-bond acceptors (Lipinski definition) is 3. The lowest BCUT2D eigenvalue weighted by Crippen LogP contribution is -2.32. The first-order valence-electron chi connectivity index (χ1n) is 7.33. The van der Waals surface area contributed by atoms with Gasteiger partial charge in [0.05, 0.1) is 7.11 Å². The Hall–Kier alpha value is -1.32. The van der Waals surface area contributed by atoms with Gasteiger partial charge in [0.25, 0.3) is 0 Å². The molecular formula is C17H19NOS. The number of hydrogen-bond donors (Lipinski definition) is 1. The first-order valence-corrected chi connectivity index (χ1v) is 8.21. The minimum Gasteiger partial charge on any atom is -0.497 e. The maximum atomic E-state index is 5.42. The van der Waals surface area contributed by atoms with E-state index in [0.29, 0.717) is 17.9 Å². The summed E-state index contributed by atoms with van der Waals surface area (Å²) in [5.74, 6) is 2.24. The van der Waals surface area contributed by atoms with Gasteiger partial charge in [-0.1, -0.05) is 12.1 Å². The van der Waals surface area contributed by atoms with Crippen LogP contribution in [0.1, 0.15) is 40.8 Å². The van der Waals surface area contributed by atoms with E-state index >= 15 is 0 Å². The fraction of sp³-hybridized carbons (Fsp3) is 0.412. The molecule has 0 saturated carbocycles. The summed E-state index contributed by atoms with van der Waals surface area (Å²) >= 11 is 1.89. The van der Waals surface area contributed by atoms with Crippen LogP contribution in [0.5, 0.6) is 5.75 Å². The van der Waals surface area contributed by atoms with Crippen molar-refractivity contribution in [3.63, 3.8) is 0 Å². The number of piperidine rings is 1. The van der Waals surface area contributed by atoms with E-state index in [9.17, 15) is 0 Å². The fourth-order valence-corrected chi connectivity index (χ4v) is 4.83. The molecule has 0 radical (unpaired) electrons. The molecule has 4 rings (SSSR count). The highest BCUT2D eigenvalue weighted by atomic mass is 32.1. The van der Waals surface area contributed by atoms with Gasteiger partial charge in [-0.2, -0.15) is 0 Å². The first kappa shape index (κ1) is 12.4. The van der Waals surface area contributed by atoms with Gasteiger partial charge in [0.15, 0.2) is 0 Å². The molecule has 1 aliphatic carbocycles. The molecule has 3 unspecified atom stereocenters. The van der Waals surface area contributed by atoms with Gasteiger partial charge < -0.3 is 10.1 Å². The number of methoxy groups -OCH3 is 1. The monoisotopic (exact) mass is 285 g/mol. The van der Waals surface area contributed by atoms with E-state index in [1.807, 2.05) is 11.3 Å². The molecule has 1 saturated heterocycles. The highest BCUT2D eigenvalue weighted by Crippen LogP contribution is 2.53. The molecule has 3 atom stereocenters. The van der Waals surface area contributed by atoms with Crippen LogP contribution < -0.4 is 10.1 Å². The molecule has 3 heteroatoms. The molecule has 0 amide bonds. The van der Waals surface area contributed by atoms with Crippen molar-refractivity contribution in [3.05, 3.63) is 51.7 Å². The van der Waals surface area contributed by atoms with Crippen molar-refractivity contribution in [2.45, 2.75) is 24.8 Å². The summed E-state index contributed by atoms with van der Waals surface area (Å²) < 4.78 is 5.42. The molecule has 2 aromatic rings. The highest BCUT2D eigenvalue weighted by Gasteiger charge is 2.42. The zero-order valence-corrected chi connectivity index (χ0v) is 12.5. The Balaban J connectivity index is 1.84. The largest absolute Gasteiger partial charge is 0.497 e. The maximum absolute atomic E-state index is 5.42. The molecule has 0 bridgehead atoms. The van der Waals surface area contributed by atoms with E-state index in [1.165, 1.54) is 28.8 Å². The second-order valence-electron chi connectivity index (χ2n) is 5.73. The maximum Gasteiger partial charge on any atom is 0.119 e. The Kier molecular flexibility index (Phi) is 3.04. The zero-order chi connectivity index (χ0) is 13.5. The van der Waals surface area contributed by atoms with E-state index in [2.05, 4.69) is 41.0 Å². The SMILES string of the molecule is COc1ccc2c(c1)C1NCCCC1C2c1cccs1. The quantitative estimate of drug-likeness (QED) is 0.902. The summed E-state index contributed by atoms with van der Waals surface area (Å²) in [5, 5.41) is 5.93. The summed E-state index contributed by atoms with van der Waals surface area (Å²) in [6.07, 6.45) is 2.60. The van der Waals surface area contributed by atoms with Gasteiger partial charge in [0, 0.05) is 16.8 Å². The average molecular weight is 285 g/mol. The third-order valence-electron chi connectivity index (χ3n) is 4.75. The number of benzene rings is 1. The van der Waals surface area contributed by atoms with Crippen molar-refractivity contribution >= 4 is 11.3 Å². The van der Waals surface area contributed by atoms with Crippen LogP contribution in [-0.4, -0.2) is 13.7 Å². The van der Waals surface area contributed by atoms with E-state index in [1.54, 1.807) is 7.11 Å². The minimum atomic E-state index is 0.501. The van der Waals surface area contributed by atoms with Crippen LogP contribution in [0.3, 0.4) is 0 Å². The first-order chi connectivity index (χ1) is 9.88. The standard InChI is InChI=1S/C17H19NOS/c1-19-11-6-7-12-14(10-11)17-13(4-2-8-18-17)16(12)15-5-3-9-20-15/h3,5-7,9-10,13,16-18H,2,4,8H2,1H3. The topological polar surface area (TPSA) is 21.3 Å². The number of rotatable bonds is 2. The molecule has 2 heterocycles. The highest BCUT2D eigenvalue weighted by molar-refractivity contribution is 7.10. The predicted octanol–water partition coefficient (Wildman–Crippen LogP) is 3.94. The third kappa shape index (κ3) is 1.80.